The maximum atomic E-state index is 11.9. The largest absolute Gasteiger partial charge is 0.462 e. The quantitative estimate of drug-likeness (QED) is 0.296. The number of aromatic nitrogens is 4. The van der Waals surface area contributed by atoms with Crippen LogP contribution in [0.15, 0.2) is 42.7 Å². The normalized spacial score (nSPS) is 13.7. The first-order chi connectivity index (χ1) is 17.5. The van der Waals surface area contributed by atoms with E-state index in [4.69, 9.17) is 25.2 Å². The van der Waals surface area contributed by atoms with Crippen LogP contribution in [0.1, 0.15) is 22.2 Å². The second kappa shape index (κ2) is 10.4. The average Bonchev–Trinajstić information content (AvgIpc) is 3.31. The highest BCUT2D eigenvalue weighted by Crippen LogP contribution is 2.35. The Morgan fingerprint density at radius 3 is 2.58 bits per heavy atom. The first-order valence-electron chi connectivity index (χ1n) is 11.7. The van der Waals surface area contributed by atoms with Crippen LogP contribution in [0.5, 0.6) is 0 Å². The maximum Gasteiger partial charge on any atom is 0.341 e. The number of benzene rings is 1. The molecule has 10 nitrogen and oxygen atoms in total. The van der Waals surface area contributed by atoms with Gasteiger partial charge < -0.3 is 25.0 Å². The maximum absolute atomic E-state index is 11.9. The summed E-state index contributed by atoms with van der Waals surface area (Å²) < 4.78 is 11.6. The molecule has 2 N–H and O–H groups in total. The van der Waals surface area contributed by atoms with Crippen LogP contribution in [-0.4, -0.2) is 65.9 Å². The van der Waals surface area contributed by atoms with Gasteiger partial charge in [-0.05, 0) is 37.3 Å². The highest BCUT2D eigenvalue weighted by Gasteiger charge is 2.21. The minimum atomic E-state index is -0.428. The zero-order valence-corrected chi connectivity index (χ0v) is 21.0. The van der Waals surface area contributed by atoms with Crippen molar-refractivity contribution in [1.29, 1.82) is 0 Å². The summed E-state index contributed by atoms with van der Waals surface area (Å²) in [5.74, 6) is 1.67. The van der Waals surface area contributed by atoms with Crippen molar-refractivity contribution in [3.63, 3.8) is 0 Å². The topological polar surface area (TPSA) is 120 Å². The molecule has 0 spiro atoms. The standard InChI is InChI=1S/C25H27N7O3S/c1-3-35-24(33)17-13-27-25(28-14-17)31(2)15-19-12-20-21(36-19)23(32-8-10-34-11-9-32)30-22(29-20)16-4-6-18(26)7-5-16/h4-7,12-14H,3,8-11,15,26H2,1-2H3. The van der Waals surface area contributed by atoms with E-state index in [9.17, 15) is 4.79 Å². The van der Waals surface area contributed by atoms with Crippen LogP contribution in [0.4, 0.5) is 17.5 Å². The van der Waals surface area contributed by atoms with Crippen LogP contribution >= 0.6 is 11.3 Å². The molecule has 1 aromatic carbocycles. The molecule has 36 heavy (non-hydrogen) atoms. The summed E-state index contributed by atoms with van der Waals surface area (Å²) in [5, 5.41) is 0. The third-order valence-corrected chi connectivity index (χ3v) is 6.87. The van der Waals surface area contributed by atoms with Crippen molar-refractivity contribution >= 4 is 45.0 Å². The molecule has 0 aliphatic carbocycles. The van der Waals surface area contributed by atoms with Crippen LogP contribution in [0.2, 0.25) is 0 Å². The number of morpholine rings is 1. The number of esters is 1. The molecule has 1 aliphatic rings. The van der Waals surface area contributed by atoms with Crippen molar-refractivity contribution in [2.75, 3.05) is 55.5 Å². The number of nitrogen functional groups attached to an aromatic ring is 1. The van der Waals surface area contributed by atoms with E-state index in [-0.39, 0.29) is 0 Å². The van der Waals surface area contributed by atoms with Crippen molar-refractivity contribution in [3.8, 4) is 11.4 Å². The van der Waals surface area contributed by atoms with Gasteiger partial charge in [0.1, 0.15) is 0 Å². The number of fused-ring (bicyclic) bond motifs is 1. The first kappa shape index (κ1) is 23.9. The molecular formula is C25H27N7O3S. The van der Waals surface area contributed by atoms with Gasteiger partial charge in [0.15, 0.2) is 11.6 Å². The fraction of sp³-hybridized carbons (Fsp3) is 0.320. The molecule has 1 saturated heterocycles. The van der Waals surface area contributed by atoms with Gasteiger partial charge in [0.05, 0.1) is 42.1 Å². The Bertz CT molecular complexity index is 1350. The van der Waals surface area contributed by atoms with Gasteiger partial charge in [0, 0.05) is 48.7 Å². The first-order valence-corrected chi connectivity index (χ1v) is 12.5. The molecule has 4 aromatic rings. The highest BCUT2D eigenvalue weighted by molar-refractivity contribution is 7.19. The van der Waals surface area contributed by atoms with Crippen molar-refractivity contribution in [3.05, 3.63) is 53.2 Å². The van der Waals surface area contributed by atoms with E-state index in [0.717, 1.165) is 39.6 Å². The molecule has 0 atom stereocenters. The monoisotopic (exact) mass is 505 g/mol. The summed E-state index contributed by atoms with van der Waals surface area (Å²) in [6.45, 7) is 5.55. The molecule has 1 fully saturated rings. The zero-order valence-electron chi connectivity index (χ0n) is 20.2. The third-order valence-electron chi connectivity index (χ3n) is 5.77. The van der Waals surface area contributed by atoms with E-state index in [1.54, 1.807) is 18.3 Å². The molecule has 3 aromatic heterocycles. The molecule has 5 rings (SSSR count). The smallest absolute Gasteiger partial charge is 0.341 e. The molecule has 4 heterocycles. The van der Waals surface area contributed by atoms with Gasteiger partial charge in [-0.25, -0.2) is 24.7 Å². The molecule has 1 aliphatic heterocycles. The van der Waals surface area contributed by atoms with Crippen LogP contribution in [0, 0.1) is 0 Å². The van der Waals surface area contributed by atoms with Crippen LogP contribution in [-0.2, 0) is 16.0 Å². The molecule has 11 heteroatoms. The Balaban J connectivity index is 1.45. The van der Waals surface area contributed by atoms with E-state index in [1.807, 2.05) is 36.2 Å². The summed E-state index contributed by atoms with van der Waals surface area (Å²) >= 11 is 1.66. The predicted molar refractivity (Wildman–Crippen MR) is 140 cm³/mol. The number of hydrogen-bond donors (Lipinski definition) is 1. The van der Waals surface area contributed by atoms with E-state index < -0.39 is 5.97 Å². The number of anilines is 3. The van der Waals surface area contributed by atoms with Gasteiger partial charge in [-0.2, -0.15) is 0 Å². The minimum absolute atomic E-state index is 0.307. The SMILES string of the molecule is CCOC(=O)c1cnc(N(C)Cc2cc3nc(-c4ccc(N)cc4)nc(N4CCOCC4)c3s2)nc1. The van der Waals surface area contributed by atoms with E-state index in [2.05, 4.69) is 20.9 Å². The van der Waals surface area contributed by atoms with Gasteiger partial charge in [0.2, 0.25) is 5.95 Å². The van der Waals surface area contributed by atoms with Crippen molar-refractivity contribution < 1.29 is 14.3 Å². The number of carbonyl (C=O) groups excluding carboxylic acids is 1. The minimum Gasteiger partial charge on any atom is -0.462 e. The Hall–Kier alpha value is -3.83. The van der Waals surface area contributed by atoms with Gasteiger partial charge in [-0.3, -0.25) is 0 Å². The predicted octanol–water partition coefficient (Wildman–Crippen LogP) is 3.38. The number of ether oxygens (including phenoxy) is 2. The molecule has 0 radical (unpaired) electrons. The molecule has 0 amide bonds. The highest BCUT2D eigenvalue weighted by atomic mass is 32.1. The van der Waals surface area contributed by atoms with Crippen molar-refractivity contribution in [2.24, 2.45) is 0 Å². The number of nitrogens with zero attached hydrogens (tertiary/aromatic N) is 6. The Kier molecular flexibility index (Phi) is 6.92. The number of rotatable bonds is 7. The number of nitrogens with two attached hydrogens (primary N) is 1. The number of carbonyl (C=O) groups is 1. The van der Waals surface area contributed by atoms with Crippen LogP contribution in [0.25, 0.3) is 21.6 Å². The van der Waals surface area contributed by atoms with Gasteiger partial charge in [0.25, 0.3) is 0 Å². The summed E-state index contributed by atoms with van der Waals surface area (Å²) in [4.78, 5) is 35.7. The summed E-state index contributed by atoms with van der Waals surface area (Å²) in [6.07, 6.45) is 2.98. The Labute approximate surface area is 212 Å². The molecular weight excluding hydrogens is 478 g/mol. The fourth-order valence-corrected chi connectivity index (χ4v) is 5.10. The molecule has 0 unspecified atom stereocenters. The lowest BCUT2D eigenvalue weighted by Crippen LogP contribution is -2.36. The second-order valence-corrected chi connectivity index (χ2v) is 9.50. The average molecular weight is 506 g/mol. The number of hydrogen-bond acceptors (Lipinski definition) is 11. The lowest BCUT2D eigenvalue weighted by molar-refractivity contribution is 0.0525. The summed E-state index contributed by atoms with van der Waals surface area (Å²) in [5.41, 5.74) is 8.72. The molecule has 0 bridgehead atoms. The van der Waals surface area contributed by atoms with Crippen LogP contribution in [0.3, 0.4) is 0 Å². The van der Waals surface area contributed by atoms with Gasteiger partial charge in [-0.15, -0.1) is 11.3 Å². The number of thiophene rings is 1. The molecule has 0 saturated carbocycles. The zero-order chi connectivity index (χ0) is 25.1. The Morgan fingerprint density at radius 1 is 1.17 bits per heavy atom. The second-order valence-electron chi connectivity index (χ2n) is 8.37. The van der Waals surface area contributed by atoms with Crippen molar-refractivity contribution in [1.82, 2.24) is 19.9 Å². The van der Waals surface area contributed by atoms with Crippen LogP contribution < -0.4 is 15.5 Å². The third kappa shape index (κ3) is 5.07. The van der Waals surface area contributed by atoms with E-state index in [1.165, 1.54) is 12.4 Å². The summed E-state index contributed by atoms with van der Waals surface area (Å²) in [7, 11) is 1.91. The lowest BCUT2D eigenvalue weighted by atomic mass is 10.2. The van der Waals surface area contributed by atoms with Gasteiger partial charge in [-0.1, -0.05) is 0 Å². The van der Waals surface area contributed by atoms with E-state index in [0.29, 0.717) is 49.4 Å². The Morgan fingerprint density at radius 2 is 1.89 bits per heavy atom. The molecule has 186 valence electrons. The van der Waals surface area contributed by atoms with E-state index >= 15 is 0 Å². The van der Waals surface area contributed by atoms with Crippen molar-refractivity contribution in [2.45, 2.75) is 13.5 Å². The fourth-order valence-electron chi connectivity index (χ4n) is 3.94. The summed E-state index contributed by atoms with van der Waals surface area (Å²) in [6, 6.07) is 9.70. The van der Waals surface area contributed by atoms with Gasteiger partial charge >= 0.3 is 5.97 Å². The lowest BCUT2D eigenvalue weighted by Gasteiger charge is -2.28.